The van der Waals surface area contributed by atoms with Crippen molar-refractivity contribution in [1.29, 1.82) is 0 Å². The number of hydrogen-bond donors (Lipinski definition) is 2. The lowest BCUT2D eigenvalue weighted by atomic mass is 10.0. The van der Waals surface area contributed by atoms with Crippen LogP contribution in [0.5, 0.6) is 0 Å². The van der Waals surface area contributed by atoms with E-state index in [1.807, 2.05) is 18.7 Å². The molecule has 0 radical (unpaired) electrons. The normalized spacial score (nSPS) is 20.9. The van der Waals surface area contributed by atoms with Gasteiger partial charge in [-0.25, -0.2) is 0 Å². The largest absolute Gasteiger partial charge is 0.354 e. The van der Waals surface area contributed by atoms with E-state index in [0.717, 1.165) is 38.8 Å². The summed E-state index contributed by atoms with van der Waals surface area (Å²) in [5.74, 6) is 0.192. The molecule has 20 heavy (non-hydrogen) atoms. The topological polar surface area (TPSA) is 61.4 Å². The molecule has 1 heterocycles. The molecule has 1 aliphatic heterocycles. The van der Waals surface area contributed by atoms with E-state index in [1.54, 1.807) is 0 Å². The summed E-state index contributed by atoms with van der Waals surface area (Å²) in [4.78, 5) is 25.8. The SMILES string of the molecule is CCCNC1CCCN(CCC(=O)NC(C)CC)C1=O. The summed E-state index contributed by atoms with van der Waals surface area (Å²) >= 11 is 0. The molecule has 1 aliphatic rings. The zero-order chi connectivity index (χ0) is 15.0. The molecule has 1 fully saturated rings. The van der Waals surface area contributed by atoms with Crippen LogP contribution < -0.4 is 10.6 Å². The van der Waals surface area contributed by atoms with Crippen molar-refractivity contribution in [2.75, 3.05) is 19.6 Å². The number of nitrogens with zero attached hydrogens (tertiary/aromatic N) is 1. The zero-order valence-electron chi connectivity index (χ0n) is 13.1. The number of nitrogens with one attached hydrogen (secondary N) is 2. The third kappa shape index (κ3) is 5.49. The van der Waals surface area contributed by atoms with Crippen LogP contribution in [0.4, 0.5) is 0 Å². The molecule has 2 N–H and O–H groups in total. The molecule has 0 aliphatic carbocycles. The van der Waals surface area contributed by atoms with E-state index in [1.165, 1.54) is 0 Å². The molecule has 0 bridgehead atoms. The highest BCUT2D eigenvalue weighted by atomic mass is 16.2. The van der Waals surface area contributed by atoms with Crippen molar-refractivity contribution in [2.45, 2.75) is 65.0 Å². The highest BCUT2D eigenvalue weighted by molar-refractivity contribution is 5.83. The van der Waals surface area contributed by atoms with Crippen molar-refractivity contribution >= 4 is 11.8 Å². The Bertz CT molecular complexity index is 320. The van der Waals surface area contributed by atoms with Gasteiger partial charge < -0.3 is 15.5 Å². The number of rotatable bonds is 8. The van der Waals surface area contributed by atoms with Crippen molar-refractivity contribution < 1.29 is 9.59 Å². The monoisotopic (exact) mass is 283 g/mol. The van der Waals surface area contributed by atoms with E-state index >= 15 is 0 Å². The quantitative estimate of drug-likeness (QED) is 0.705. The van der Waals surface area contributed by atoms with Gasteiger partial charge >= 0.3 is 0 Å². The number of hydrogen-bond acceptors (Lipinski definition) is 3. The van der Waals surface area contributed by atoms with E-state index in [2.05, 4.69) is 17.6 Å². The summed E-state index contributed by atoms with van der Waals surface area (Å²) < 4.78 is 0. The van der Waals surface area contributed by atoms with Gasteiger partial charge in [0.2, 0.25) is 11.8 Å². The van der Waals surface area contributed by atoms with Gasteiger partial charge in [-0.2, -0.15) is 0 Å². The summed E-state index contributed by atoms with van der Waals surface area (Å²) in [6, 6.07) is 0.153. The second-order valence-electron chi connectivity index (χ2n) is 5.60. The maximum absolute atomic E-state index is 12.3. The molecule has 5 heteroatoms. The van der Waals surface area contributed by atoms with Crippen LogP contribution in [0.1, 0.15) is 52.9 Å². The van der Waals surface area contributed by atoms with Crippen LogP contribution in [-0.2, 0) is 9.59 Å². The average Bonchev–Trinajstić information content (AvgIpc) is 2.44. The summed E-state index contributed by atoms with van der Waals surface area (Å²) in [5, 5.41) is 6.23. The Kier molecular flexibility index (Phi) is 7.59. The summed E-state index contributed by atoms with van der Waals surface area (Å²) in [7, 11) is 0. The average molecular weight is 283 g/mol. The van der Waals surface area contributed by atoms with E-state index in [0.29, 0.717) is 13.0 Å². The molecule has 1 rings (SSSR count). The molecular weight excluding hydrogens is 254 g/mol. The molecule has 0 aromatic heterocycles. The fraction of sp³-hybridized carbons (Fsp3) is 0.867. The van der Waals surface area contributed by atoms with E-state index in [-0.39, 0.29) is 23.9 Å². The number of carbonyl (C=O) groups is 2. The van der Waals surface area contributed by atoms with Crippen LogP contribution in [0, 0.1) is 0 Å². The minimum atomic E-state index is -0.0543. The van der Waals surface area contributed by atoms with Gasteiger partial charge in [0.05, 0.1) is 6.04 Å². The van der Waals surface area contributed by atoms with Gasteiger partial charge in [-0.3, -0.25) is 9.59 Å². The van der Waals surface area contributed by atoms with E-state index < -0.39 is 0 Å². The zero-order valence-corrected chi connectivity index (χ0v) is 13.1. The lowest BCUT2D eigenvalue weighted by Crippen LogP contribution is -2.51. The second kappa shape index (κ2) is 8.95. The minimum absolute atomic E-state index is 0.0378. The Morgan fingerprint density at radius 3 is 2.85 bits per heavy atom. The highest BCUT2D eigenvalue weighted by Crippen LogP contribution is 2.12. The Balaban J connectivity index is 2.35. The number of amides is 2. The highest BCUT2D eigenvalue weighted by Gasteiger charge is 2.28. The fourth-order valence-electron chi connectivity index (χ4n) is 2.36. The van der Waals surface area contributed by atoms with Gasteiger partial charge in [-0.05, 0) is 39.2 Å². The molecule has 2 unspecified atom stereocenters. The van der Waals surface area contributed by atoms with Gasteiger partial charge in [-0.15, -0.1) is 0 Å². The van der Waals surface area contributed by atoms with Crippen molar-refractivity contribution in [1.82, 2.24) is 15.5 Å². The number of piperidine rings is 1. The van der Waals surface area contributed by atoms with Crippen LogP contribution in [0.2, 0.25) is 0 Å². The van der Waals surface area contributed by atoms with E-state index in [9.17, 15) is 9.59 Å². The first kappa shape index (κ1) is 17.0. The summed E-state index contributed by atoms with van der Waals surface area (Å²) in [5.41, 5.74) is 0. The molecule has 0 aromatic carbocycles. The van der Waals surface area contributed by atoms with Crippen LogP contribution in [0.15, 0.2) is 0 Å². The van der Waals surface area contributed by atoms with Crippen molar-refractivity contribution in [2.24, 2.45) is 0 Å². The van der Waals surface area contributed by atoms with Crippen LogP contribution in [0.3, 0.4) is 0 Å². The van der Waals surface area contributed by atoms with Crippen LogP contribution in [-0.4, -0.2) is 48.4 Å². The van der Waals surface area contributed by atoms with Crippen LogP contribution >= 0.6 is 0 Å². The predicted octanol–water partition coefficient (Wildman–Crippen LogP) is 1.28. The smallest absolute Gasteiger partial charge is 0.239 e. The van der Waals surface area contributed by atoms with E-state index in [4.69, 9.17) is 0 Å². The molecule has 1 saturated heterocycles. The Morgan fingerprint density at radius 2 is 2.20 bits per heavy atom. The van der Waals surface area contributed by atoms with Gasteiger partial charge in [0.1, 0.15) is 0 Å². The van der Waals surface area contributed by atoms with Crippen molar-refractivity contribution in [3.8, 4) is 0 Å². The lowest BCUT2D eigenvalue weighted by molar-refractivity contribution is -0.136. The first-order chi connectivity index (χ1) is 9.58. The summed E-state index contributed by atoms with van der Waals surface area (Å²) in [6.07, 6.45) is 4.28. The Hall–Kier alpha value is -1.10. The molecular formula is C15H29N3O2. The number of carbonyl (C=O) groups excluding carboxylic acids is 2. The third-order valence-electron chi connectivity index (χ3n) is 3.80. The number of likely N-dealkylation sites (tertiary alicyclic amines) is 1. The van der Waals surface area contributed by atoms with Crippen molar-refractivity contribution in [3.05, 3.63) is 0 Å². The predicted molar refractivity (Wildman–Crippen MR) is 80.4 cm³/mol. The van der Waals surface area contributed by atoms with Gasteiger partial charge in [0.25, 0.3) is 0 Å². The van der Waals surface area contributed by atoms with Gasteiger partial charge in [-0.1, -0.05) is 13.8 Å². The maximum Gasteiger partial charge on any atom is 0.239 e. The maximum atomic E-state index is 12.3. The molecule has 2 atom stereocenters. The molecule has 116 valence electrons. The minimum Gasteiger partial charge on any atom is -0.354 e. The Morgan fingerprint density at radius 1 is 1.45 bits per heavy atom. The molecule has 5 nitrogen and oxygen atoms in total. The molecule has 2 amide bonds. The third-order valence-corrected chi connectivity index (χ3v) is 3.80. The fourth-order valence-corrected chi connectivity index (χ4v) is 2.36. The molecule has 0 aromatic rings. The van der Waals surface area contributed by atoms with Crippen molar-refractivity contribution in [3.63, 3.8) is 0 Å². The molecule has 0 saturated carbocycles. The molecule has 0 spiro atoms. The van der Waals surface area contributed by atoms with Gasteiger partial charge in [0.15, 0.2) is 0 Å². The first-order valence-corrected chi connectivity index (χ1v) is 7.90. The van der Waals surface area contributed by atoms with Crippen LogP contribution in [0.25, 0.3) is 0 Å². The lowest BCUT2D eigenvalue weighted by Gasteiger charge is -2.32. The standard InChI is InChI=1S/C15H29N3O2/c1-4-9-16-13-7-6-10-18(15(13)20)11-8-14(19)17-12(3)5-2/h12-13,16H,4-11H2,1-3H3,(H,17,19). The first-order valence-electron chi connectivity index (χ1n) is 7.90. The van der Waals surface area contributed by atoms with Gasteiger partial charge in [0, 0.05) is 25.6 Å². The Labute approximate surface area is 122 Å². The summed E-state index contributed by atoms with van der Waals surface area (Å²) in [6.45, 7) is 8.32. The second-order valence-corrected chi connectivity index (χ2v) is 5.60.